The quantitative estimate of drug-likeness (QED) is 0.486. The minimum atomic E-state index is -3.67. The summed E-state index contributed by atoms with van der Waals surface area (Å²) in [5.74, 6) is 0.869. The van der Waals surface area contributed by atoms with E-state index in [4.69, 9.17) is 9.66 Å². The van der Waals surface area contributed by atoms with Gasteiger partial charge in [0.25, 0.3) is 10.1 Å². The molecule has 84 valence electrons. The third kappa shape index (κ3) is 9.54. The molecule has 0 radical (unpaired) electrons. The Morgan fingerprint density at radius 3 is 2.00 bits per heavy atom. The molecule has 1 aliphatic rings. The predicted molar refractivity (Wildman–Crippen MR) is 55.8 cm³/mol. The van der Waals surface area contributed by atoms with Gasteiger partial charge in [0.05, 0.1) is 12.5 Å². The highest BCUT2D eigenvalue weighted by atomic mass is 32.2. The maximum absolute atomic E-state index is 9.19. The Hall–Kier alpha value is -0.550. The molecule has 0 aromatic heterocycles. The van der Waals surface area contributed by atoms with E-state index in [1.54, 1.807) is 0 Å². The molecule has 5 heteroatoms. The van der Waals surface area contributed by atoms with Crippen LogP contribution in [0.5, 0.6) is 0 Å². The predicted octanol–water partition coefficient (Wildman–Crippen LogP) is 2.14. The van der Waals surface area contributed by atoms with Gasteiger partial charge in [-0.3, -0.25) is 4.55 Å². The summed E-state index contributed by atoms with van der Waals surface area (Å²) in [4.78, 5) is 0. The van der Waals surface area contributed by atoms with Crippen molar-refractivity contribution in [1.82, 2.24) is 0 Å². The van der Waals surface area contributed by atoms with Crippen LogP contribution in [-0.2, 0) is 10.1 Å². The number of rotatable bonds is 0. The maximum Gasteiger partial charge on any atom is 0.261 e. The standard InChI is InChI=1S/C8H14O.CH4O3S/c1-7-2-4-8(6-9)5-3-7;1-5(2,3)4/h6-7,9H,2-5H2,1H3;1H3,(H,2,3,4). The van der Waals surface area contributed by atoms with Crippen molar-refractivity contribution in [3.63, 3.8) is 0 Å². The lowest BCUT2D eigenvalue weighted by atomic mass is 9.88. The zero-order chi connectivity index (χ0) is 11.2. The highest BCUT2D eigenvalue weighted by Gasteiger charge is 2.11. The molecule has 1 fully saturated rings. The fourth-order valence-electron chi connectivity index (χ4n) is 1.26. The lowest BCUT2D eigenvalue weighted by Gasteiger charge is -2.18. The average molecular weight is 222 g/mol. The van der Waals surface area contributed by atoms with E-state index < -0.39 is 10.1 Å². The minimum absolute atomic E-state index is 0.715. The molecule has 0 saturated heterocycles. The number of aliphatic hydroxyl groups excluding tert-OH is 1. The Kier molecular flexibility index (Phi) is 5.79. The lowest BCUT2D eigenvalue weighted by Crippen LogP contribution is -2.03. The Balaban J connectivity index is 0.000000292. The van der Waals surface area contributed by atoms with E-state index in [0.29, 0.717) is 6.26 Å². The van der Waals surface area contributed by atoms with E-state index in [0.717, 1.165) is 18.8 Å². The summed E-state index contributed by atoms with van der Waals surface area (Å²) in [6.07, 6.45) is 6.73. The summed E-state index contributed by atoms with van der Waals surface area (Å²) in [7, 11) is -3.67. The van der Waals surface area contributed by atoms with Crippen molar-refractivity contribution >= 4 is 10.1 Å². The van der Waals surface area contributed by atoms with Gasteiger partial charge in [0.1, 0.15) is 0 Å². The van der Waals surface area contributed by atoms with Crippen molar-refractivity contribution in [2.45, 2.75) is 32.6 Å². The number of hydrogen-bond acceptors (Lipinski definition) is 3. The van der Waals surface area contributed by atoms with Crippen LogP contribution in [0.3, 0.4) is 0 Å². The van der Waals surface area contributed by atoms with Gasteiger partial charge in [0, 0.05) is 0 Å². The number of hydrogen-bond donors (Lipinski definition) is 2. The number of aliphatic hydroxyl groups is 1. The fourth-order valence-corrected chi connectivity index (χ4v) is 1.26. The highest BCUT2D eigenvalue weighted by Crippen LogP contribution is 2.26. The summed E-state index contributed by atoms with van der Waals surface area (Å²) >= 11 is 0. The summed E-state index contributed by atoms with van der Waals surface area (Å²) in [5, 5.41) is 8.62. The van der Waals surface area contributed by atoms with Crippen LogP contribution in [0.15, 0.2) is 11.8 Å². The van der Waals surface area contributed by atoms with E-state index in [-0.39, 0.29) is 0 Å². The van der Waals surface area contributed by atoms with Gasteiger partial charge >= 0.3 is 0 Å². The van der Waals surface area contributed by atoms with Crippen molar-refractivity contribution in [3.8, 4) is 0 Å². The number of allylic oxidation sites excluding steroid dienone is 1. The molecular weight excluding hydrogens is 204 g/mol. The molecule has 0 spiro atoms. The Morgan fingerprint density at radius 1 is 1.36 bits per heavy atom. The zero-order valence-corrected chi connectivity index (χ0v) is 9.42. The Labute approximate surface area is 85.4 Å². The summed E-state index contributed by atoms with van der Waals surface area (Å²) in [6.45, 7) is 2.27. The van der Waals surface area contributed by atoms with Crippen molar-refractivity contribution in [2.24, 2.45) is 5.92 Å². The average Bonchev–Trinajstić information content (AvgIpc) is 2.03. The molecule has 0 unspecified atom stereocenters. The molecule has 1 rings (SSSR count). The molecule has 1 saturated carbocycles. The first kappa shape index (κ1) is 13.4. The minimum Gasteiger partial charge on any atom is -0.516 e. The van der Waals surface area contributed by atoms with Gasteiger partial charge in [-0.1, -0.05) is 6.92 Å². The molecule has 0 heterocycles. The van der Waals surface area contributed by atoms with Crippen LogP contribution in [0.1, 0.15) is 32.6 Å². The second-order valence-electron chi connectivity index (χ2n) is 3.70. The van der Waals surface area contributed by atoms with Crippen LogP contribution in [0.4, 0.5) is 0 Å². The molecule has 0 aliphatic heterocycles. The summed E-state index contributed by atoms with van der Waals surface area (Å²) < 4.78 is 25.9. The van der Waals surface area contributed by atoms with Gasteiger partial charge in [-0.15, -0.1) is 0 Å². The van der Waals surface area contributed by atoms with E-state index in [1.165, 1.54) is 24.7 Å². The normalized spacial score (nSPS) is 22.2. The smallest absolute Gasteiger partial charge is 0.261 e. The molecule has 0 aromatic carbocycles. The van der Waals surface area contributed by atoms with E-state index in [9.17, 15) is 8.42 Å². The van der Waals surface area contributed by atoms with Gasteiger partial charge in [-0.05, 0) is 37.2 Å². The second-order valence-corrected chi connectivity index (χ2v) is 5.17. The molecule has 0 amide bonds. The molecule has 1 aliphatic carbocycles. The van der Waals surface area contributed by atoms with Gasteiger partial charge in [0.15, 0.2) is 0 Å². The van der Waals surface area contributed by atoms with Crippen molar-refractivity contribution in [2.75, 3.05) is 6.26 Å². The van der Waals surface area contributed by atoms with Crippen molar-refractivity contribution < 1.29 is 18.1 Å². The van der Waals surface area contributed by atoms with Gasteiger partial charge in [0.2, 0.25) is 0 Å². The van der Waals surface area contributed by atoms with Gasteiger partial charge in [-0.2, -0.15) is 8.42 Å². The Morgan fingerprint density at radius 2 is 1.71 bits per heavy atom. The highest BCUT2D eigenvalue weighted by molar-refractivity contribution is 7.85. The van der Waals surface area contributed by atoms with Crippen LogP contribution in [0.2, 0.25) is 0 Å². The first-order valence-corrected chi connectivity index (χ1v) is 6.42. The third-order valence-corrected chi connectivity index (χ3v) is 2.10. The summed E-state index contributed by atoms with van der Waals surface area (Å²) in [6, 6.07) is 0. The largest absolute Gasteiger partial charge is 0.516 e. The van der Waals surface area contributed by atoms with Crippen LogP contribution in [0, 0.1) is 5.92 Å². The molecular formula is C9H18O4S. The van der Waals surface area contributed by atoms with Crippen molar-refractivity contribution in [1.29, 1.82) is 0 Å². The first-order valence-electron chi connectivity index (χ1n) is 4.57. The molecule has 4 nitrogen and oxygen atoms in total. The monoisotopic (exact) mass is 222 g/mol. The van der Waals surface area contributed by atoms with E-state index >= 15 is 0 Å². The van der Waals surface area contributed by atoms with Crippen LogP contribution < -0.4 is 0 Å². The van der Waals surface area contributed by atoms with Crippen LogP contribution in [0.25, 0.3) is 0 Å². The lowest BCUT2D eigenvalue weighted by molar-refractivity contribution is 0.411. The Bertz CT molecular complexity index is 261. The van der Waals surface area contributed by atoms with Gasteiger partial charge in [-0.25, -0.2) is 0 Å². The second kappa shape index (κ2) is 6.03. The van der Waals surface area contributed by atoms with Gasteiger partial charge < -0.3 is 5.11 Å². The first-order chi connectivity index (χ1) is 6.33. The molecule has 14 heavy (non-hydrogen) atoms. The third-order valence-electron chi connectivity index (χ3n) is 2.10. The van der Waals surface area contributed by atoms with Crippen LogP contribution >= 0.6 is 0 Å². The van der Waals surface area contributed by atoms with E-state index in [2.05, 4.69) is 6.92 Å². The zero-order valence-electron chi connectivity index (χ0n) is 8.60. The summed E-state index contributed by atoms with van der Waals surface area (Å²) in [5.41, 5.74) is 1.23. The SMILES string of the molecule is CC1CCC(=CO)CC1.CS(=O)(=O)O. The molecule has 2 N–H and O–H groups in total. The molecule has 0 atom stereocenters. The van der Waals surface area contributed by atoms with E-state index in [1.807, 2.05) is 0 Å². The fraction of sp³-hybridized carbons (Fsp3) is 0.778. The topological polar surface area (TPSA) is 74.6 Å². The molecule has 0 aromatic rings. The van der Waals surface area contributed by atoms with Crippen LogP contribution in [-0.4, -0.2) is 24.3 Å². The maximum atomic E-state index is 9.19. The van der Waals surface area contributed by atoms with Crippen molar-refractivity contribution in [3.05, 3.63) is 11.8 Å². The molecule has 0 bridgehead atoms.